The molecule has 0 amide bonds. The Bertz CT molecular complexity index is 931. The van der Waals surface area contributed by atoms with Crippen molar-refractivity contribution in [3.63, 3.8) is 0 Å². The molecule has 0 spiro atoms. The van der Waals surface area contributed by atoms with E-state index in [1.54, 1.807) is 18.7 Å². The molecule has 7 heteroatoms. The maximum Gasteiger partial charge on any atom is 0.299 e. The van der Waals surface area contributed by atoms with Gasteiger partial charge in [0.2, 0.25) is 0 Å². The summed E-state index contributed by atoms with van der Waals surface area (Å²) in [5.41, 5.74) is 0.774. The van der Waals surface area contributed by atoms with Crippen LogP contribution >= 0.6 is 0 Å². The number of para-hydroxylation sites is 1. The van der Waals surface area contributed by atoms with Gasteiger partial charge < -0.3 is 0 Å². The Balaban J connectivity index is 1.97. The number of hydrogen-bond acceptors (Lipinski definition) is 5. The number of benzene rings is 1. The number of carbonyl (C=O) groups is 2. The second-order valence-electron chi connectivity index (χ2n) is 7.48. The van der Waals surface area contributed by atoms with Gasteiger partial charge in [0, 0.05) is 19.9 Å². The fourth-order valence-electron chi connectivity index (χ4n) is 3.29. The molecule has 1 aliphatic rings. The van der Waals surface area contributed by atoms with Crippen molar-refractivity contribution < 1.29 is 9.59 Å². The number of aromatic nitrogens is 2. The first-order valence-electron chi connectivity index (χ1n) is 8.51. The van der Waals surface area contributed by atoms with Crippen molar-refractivity contribution in [1.82, 2.24) is 9.36 Å². The molecule has 0 saturated heterocycles. The fourth-order valence-corrected chi connectivity index (χ4v) is 3.29. The summed E-state index contributed by atoms with van der Waals surface area (Å²) in [5, 5.41) is 7.96. The summed E-state index contributed by atoms with van der Waals surface area (Å²) >= 11 is 0. The normalized spacial score (nSPS) is 18.0. The van der Waals surface area contributed by atoms with Gasteiger partial charge in [0.25, 0.3) is 5.56 Å². The maximum atomic E-state index is 12.8. The summed E-state index contributed by atoms with van der Waals surface area (Å²) in [4.78, 5) is 37.3. The second kappa shape index (κ2) is 6.48. The van der Waals surface area contributed by atoms with Crippen molar-refractivity contribution in [3.05, 3.63) is 46.4 Å². The SMILES string of the molecule is Cc1c(N=NC2C(=O)CC(C)(C)CC2=O)c(=O)n(-c2ccccc2)n1C. The molecule has 3 rings (SSSR count). The van der Waals surface area contributed by atoms with Crippen LogP contribution in [0.15, 0.2) is 45.4 Å². The smallest absolute Gasteiger partial charge is 0.297 e. The van der Waals surface area contributed by atoms with Crippen molar-refractivity contribution in [2.45, 2.75) is 39.7 Å². The Morgan fingerprint density at radius 2 is 1.62 bits per heavy atom. The highest BCUT2D eigenvalue weighted by molar-refractivity contribution is 6.09. The quantitative estimate of drug-likeness (QED) is 0.627. The van der Waals surface area contributed by atoms with Crippen LogP contribution in [0.5, 0.6) is 0 Å². The number of azo groups is 1. The van der Waals surface area contributed by atoms with E-state index in [-0.39, 0.29) is 41.1 Å². The van der Waals surface area contributed by atoms with E-state index in [1.165, 1.54) is 4.68 Å². The van der Waals surface area contributed by atoms with E-state index < -0.39 is 6.04 Å². The molecule has 7 nitrogen and oxygen atoms in total. The van der Waals surface area contributed by atoms with Crippen LogP contribution in [0.4, 0.5) is 5.69 Å². The third kappa shape index (κ3) is 3.16. The summed E-state index contributed by atoms with van der Waals surface area (Å²) in [5.74, 6) is -0.487. The van der Waals surface area contributed by atoms with Gasteiger partial charge >= 0.3 is 0 Å². The molecule has 1 heterocycles. The predicted octanol–water partition coefficient (Wildman–Crippen LogP) is 2.89. The summed E-state index contributed by atoms with van der Waals surface area (Å²) in [6, 6.07) is 8.08. The highest BCUT2D eigenvalue weighted by atomic mass is 16.2. The highest BCUT2D eigenvalue weighted by Crippen LogP contribution is 2.32. The zero-order chi connectivity index (χ0) is 19.1. The van der Waals surface area contributed by atoms with Crippen molar-refractivity contribution in [2.75, 3.05) is 0 Å². The Labute approximate surface area is 151 Å². The summed E-state index contributed by atoms with van der Waals surface area (Å²) < 4.78 is 3.16. The van der Waals surface area contributed by atoms with Crippen LogP contribution in [-0.2, 0) is 16.6 Å². The Hall–Kier alpha value is -2.83. The fraction of sp³-hybridized carbons (Fsp3) is 0.421. The van der Waals surface area contributed by atoms with Gasteiger partial charge in [-0.05, 0) is 24.5 Å². The van der Waals surface area contributed by atoms with Crippen molar-refractivity contribution in [1.29, 1.82) is 0 Å². The van der Waals surface area contributed by atoms with Crippen molar-refractivity contribution in [2.24, 2.45) is 22.7 Å². The molecular weight excluding hydrogens is 332 g/mol. The van der Waals surface area contributed by atoms with Crippen LogP contribution in [-0.4, -0.2) is 27.0 Å². The minimum atomic E-state index is -1.10. The zero-order valence-electron chi connectivity index (χ0n) is 15.4. The number of hydrogen-bond donors (Lipinski definition) is 0. The van der Waals surface area contributed by atoms with Gasteiger partial charge in [0.1, 0.15) is 0 Å². The van der Waals surface area contributed by atoms with Crippen LogP contribution in [0, 0.1) is 12.3 Å². The second-order valence-corrected chi connectivity index (χ2v) is 7.48. The molecule has 0 atom stereocenters. The van der Waals surface area contributed by atoms with Crippen LogP contribution in [0.25, 0.3) is 5.69 Å². The lowest BCUT2D eigenvalue weighted by Crippen LogP contribution is -2.40. The van der Waals surface area contributed by atoms with Gasteiger partial charge in [-0.15, -0.1) is 5.11 Å². The third-order valence-corrected chi connectivity index (χ3v) is 4.71. The molecule has 136 valence electrons. The Kier molecular flexibility index (Phi) is 4.48. The number of nitrogens with zero attached hydrogens (tertiary/aromatic N) is 4. The number of Topliss-reactive ketones (excluding diaryl/α,β-unsaturated/α-hetero) is 2. The molecule has 1 aromatic carbocycles. The molecule has 1 fully saturated rings. The molecule has 2 aromatic rings. The number of rotatable bonds is 3. The Morgan fingerprint density at radius 3 is 2.19 bits per heavy atom. The molecule has 1 saturated carbocycles. The average molecular weight is 354 g/mol. The van der Waals surface area contributed by atoms with E-state index in [0.717, 1.165) is 0 Å². The summed E-state index contributed by atoms with van der Waals surface area (Å²) in [6.07, 6.45) is 0.564. The Morgan fingerprint density at radius 1 is 1.04 bits per heavy atom. The van der Waals surface area contributed by atoms with Crippen LogP contribution in [0.3, 0.4) is 0 Å². The largest absolute Gasteiger partial charge is 0.299 e. The molecule has 26 heavy (non-hydrogen) atoms. The summed E-state index contributed by atoms with van der Waals surface area (Å²) in [7, 11) is 1.75. The van der Waals surface area contributed by atoms with E-state index in [9.17, 15) is 14.4 Å². The number of carbonyl (C=O) groups excluding carboxylic acids is 2. The molecular formula is C19H22N4O3. The molecule has 0 bridgehead atoms. The van der Waals surface area contributed by atoms with Crippen LogP contribution < -0.4 is 5.56 Å². The lowest BCUT2D eigenvalue weighted by Gasteiger charge is -2.29. The molecule has 1 aliphatic carbocycles. The lowest BCUT2D eigenvalue weighted by atomic mass is 9.74. The zero-order valence-corrected chi connectivity index (χ0v) is 15.4. The van der Waals surface area contributed by atoms with Gasteiger partial charge in [-0.3, -0.25) is 19.1 Å². The molecule has 0 aliphatic heterocycles. The van der Waals surface area contributed by atoms with Crippen molar-refractivity contribution >= 4 is 17.3 Å². The predicted molar refractivity (Wildman–Crippen MR) is 97.1 cm³/mol. The van der Waals surface area contributed by atoms with Gasteiger partial charge in [0.15, 0.2) is 23.3 Å². The van der Waals surface area contributed by atoms with E-state index in [1.807, 2.05) is 44.2 Å². The van der Waals surface area contributed by atoms with E-state index in [4.69, 9.17) is 0 Å². The maximum absolute atomic E-state index is 12.8. The van der Waals surface area contributed by atoms with Crippen molar-refractivity contribution in [3.8, 4) is 5.69 Å². The molecule has 1 aromatic heterocycles. The average Bonchev–Trinajstić information content (AvgIpc) is 2.77. The summed E-state index contributed by atoms with van der Waals surface area (Å²) in [6.45, 7) is 5.52. The minimum Gasteiger partial charge on any atom is -0.297 e. The topological polar surface area (TPSA) is 85.8 Å². The van der Waals surface area contributed by atoms with Gasteiger partial charge in [-0.1, -0.05) is 32.0 Å². The highest BCUT2D eigenvalue weighted by Gasteiger charge is 2.40. The number of ketones is 2. The van der Waals surface area contributed by atoms with E-state index in [0.29, 0.717) is 11.4 Å². The van der Waals surface area contributed by atoms with Gasteiger partial charge in [-0.2, -0.15) is 5.11 Å². The first-order valence-corrected chi connectivity index (χ1v) is 8.51. The van der Waals surface area contributed by atoms with Crippen LogP contribution in [0.1, 0.15) is 32.4 Å². The minimum absolute atomic E-state index is 0.141. The molecule has 0 radical (unpaired) electrons. The first-order chi connectivity index (χ1) is 12.2. The molecule has 0 N–H and O–H groups in total. The van der Waals surface area contributed by atoms with E-state index >= 15 is 0 Å². The van der Waals surface area contributed by atoms with Gasteiger partial charge in [-0.25, -0.2) is 4.68 Å². The lowest BCUT2D eigenvalue weighted by molar-refractivity contribution is -0.135. The third-order valence-electron chi connectivity index (χ3n) is 4.71. The standard InChI is InChI=1S/C19H22N4O3/c1-12-16(18(26)23(22(12)4)13-8-6-5-7-9-13)20-21-17-14(24)10-19(2,3)11-15(17)25/h5-9,17H,10-11H2,1-4H3. The molecule has 0 unspecified atom stereocenters. The monoisotopic (exact) mass is 354 g/mol. The van der Waals surface area contributed by atoms with E-state index in [2.05, 4.69) is 10.2 Å². The van der Waals surface area contributed by atoms with Gasteiger partial charge in [0.05, 0.1) is 11.4 Å². The first kappa shape index (κ1) is 18.0. The van der Waals surface area contributed by atoms with Crippen LogP contribution in [0.2, 0.25) is 0 Å².